The van der Waals surface area contributed by atoms with Crippen molar-refractivity contribution in [3.63, 3.8) is 0 Å². The van der Waals surface area contributed by atoms with Crippen LogP contribution in [0.15, 0.2) is 36.4 Å². The van der Waals surface area contributed by atoms with Gasteiger partial charge in [0.1, 0.15) is 11.6 Å². The molecule has 0 saturated carbocycles. The predicted octanol–water partition coefficient (Wildman–Crippen LogP) is 2.70. The fraction of sp³-hybridized carbons (Fsp3) is 0.423. The second-order valence-electron chi connectivity index (χ2n) is 8.87. The number of hydrogen-bond acceptors (Lipinski definition) is 5. The number of likely N-dealkylation sites (N-methyl/N-ethyl adjacent to an activating group) is 1. The van der Waals surface area contributed by atoms with Gasteiger partial charge in [-0.2, -0.15) is 0 Å². The highest BCUT2D eigenvalue weighted by Crippen LogP contribution is 2.21. The van der Waals surface area contributed by atoms with E-state index in [1.165, 1.54) is 0 Å². The average molecular weight is 505 g/mol. The molecule has 1 aliphatic heterocycles. The van der Waals surface area contributed by atoms with Gasteiger partial charge in [-0.3, -0.25) is 14.4 Å². The standard InChI is InChI=1S/C26H31F3N4O3/c1-2-32(16-26(36)33-9-7-20(34)8-10-33)24-6-4-3-5-17(24)15-31-25(35)13-19(30)11-18-12-22(28)23(29)14-21(18)27/h3-6,12,14,19H,2,7-11,13,15-16,30H2,1H3,(H,31,35). The first-order valence-corrected chi connectivity index (χ1v) is 12.0. The molecule has 0 bridgehead atoms. The summed E-state index contributed by atoms with van der Waals surface area (Å²) < 4.78 is 40.4. The van der Waals surface area contributed by atoms with Crippen LogP contribution < -0.4 is 16.0 Å². The summed E-state index contributed by atoms with van der Waals surface area (Å²) in [7, 11) is 0. The summed E-state index contributed by atoms with van der Waals surface area (Å²) in [5.41, 5.74) is 7.46. The van der Waals surface area contributed by atoms with E-state index in [1.807, 2.05) is 36.1 Å². The largest absolute Gasteiger partial charge is 0.362 e. The summed E-state index contributed by atoms with van der Waals surface area (Å²) in [5, 5.41) is 2.79. The van der Waals surface area contributed by atoms with Crippen LogP contribution in [-0.2, 0) is 27.3 Å². The molecule has 2 aromatic carbocycles. The molecule has 3 rings (SSSR count). The third kappa shape index (κ3) is 7.30. The zero-order chi connectivity index (χ0) is 26.2. The maximum Gasteiger partial charge on any atom is 0.242 e. The molecule has 1 aliphatic rings. The first-order chi connectivity index (χ1) is 17.2. The third-order valence-corrected chi connectivity index (χ3v) is 6.21. The second kappa shape index (κ2) is 12.5. The van der Waals surface area contributed by atoms with Crippen LogP contribution in [0.5, 0.6) is 0 Å². The van der Waals surface area contributed by atoms with E-state index in [4.69, 9.17) is 5.73 Å². The predicted molar refractivity (Wildman–Crippen MR) is 130 cm³/mol. The second-order valence-corrected chi connectivity index (χ2v) is 8.87. The summed E-state index contributed by atoms with van der Waals surface area (Å²) >= 11 is 0. The first kappa shape index (κ1) is 27.2. The van der Waals surface area contributed by atoms with Crippen LogP contribution in [0.2, 0.25) is 0 Å². The third-order valence-electron chi connectivity index (χ3n) is 6.21. The van der Waals surface area contributed by atoms with Crippen molar-refractivity contribution >= 4 is 23.3 Å². The molecule has 1 heterocycles. The summed E-state index contributed by atoms with van der Waals surface area (Å²) in [6.45, 7) is 3.70. The number of nitrogens with one attached hydrogen (secondary N) is 1. The Morgan fingerprint density at radius 2 is 1.72 bits per heavy atom. The minimum absolute atomic E-state index is 0.0568. The molecule has 0 spiro atoms. The Morgan fingerprint density at radius 3 is 2.42 bits per heavy atom. The van der Waals surface area contributed by atoms with Gasteiger partial charge in [0.15, 0.2) is 11.6 Å². The molecule has 0 aliphatic carbocycles. The van der Waals surface area contributed by atoms with Crippen LogP contribution in [0.1, 0.15) is 37.3 Å². The maximum atomic E-state index is 13.9. The van der Waals surface area contributed by atoms with Gasteiger partial charge in [-0.1, -0.05) is 18.2 Å². The van der Waals surface area contributed by atoms with E-state index in [0.717, 1.165) is 17.3 Å². The molecule has 7 nitrogen and oxygen atoms in total. The summed E-state index contributed by atoms with van der Waals surface area (Å²) in [6, 6.07) is 7.81. The number of para-hydroxylation sites is 1. The number of ketones is 1. The molecule has 1 unspecified atom stereocenters. The number of piperidine rings is 1. The van der Waals surface area contributed by atoms with Gasteiger partial charge in [-0.05, 0) is 36.6 Å². The lowest BCUT2D eigenvalue weighted by Crippen LogP contribution is -2.44. The number of carbonyl (C=O) groups is 3. The molecule has 10 heteroatoms. The van der Waals surface area contributed by atoms with Gasteiger partial charge >= 0.3 is 0 Å². The SMILES string of the molecule is CCN(CC(=O)N1CCC(=O)CC1)c1ccccc1CNC(=O)CC(N)Cc1cc(F)c(F)cc1F. The minimum atomic E-state index is -1.28. The van der Waals surface area contributed by atoms with Crippen LogP contribution in [0.4, 0.5) is 18.9 Å². The summed E-state index contributed by atoms with van der Waals surface area (Å²) in [4.78, 5) is 40.3. The molecule has 194 valence electrons. The van der Waals surface area contributed by atoms with Crippen molar-refractivity contribution in [1.29, 1.82) is 0 Å². The highest BCUT2D eigenvalue weighted by Gasteiger charge is 2.23. The highest BCUT2D eigenvalue weighted by molar-refractivity contribution is 5.86. The number of nitrogens with two attached hydrogens (primary N) is 1. The number of benzene rings is 2. The number of nitrogens with zero attached hydrogens (tertiary/aromatic N) is 2. The number of hydrogen-bond donors (Lipinski definition) is 2. The topological polar surface area (TPSA) is 95.7 Å². The van der Waals surface area contributed by atoms with Crippen molar-refractivity contribution in [2.45, 2.75) is 45.2 Å². The Kier molecular flexibility index (Phi) is 9.46. The van der Waals surface area contributed by atoms with E-state index >= 15 is 0 Å². The van der Waals surface area contributed by atoms with Gasteiger partial charge < -0.3 is 20.9 Å². The zero-order valence-corrected chi connectivity index (χ0v) is 20.2. The Morgan fingerprint density at radius 1 is 1.06 bits per heavy atom. The first-order valence-electron chi connectivity index (χ1n) is 12.0. The average Bonchev–Trinajstić information content (AvgIpc) is 2.85. The van der Waals surface area contributed by atoms with Gasteiger partial charge in [0, 0.05) is 63.2 Å². The van der Waals surface area contributed by atoms with Gasteiger partial charge in [0.25, 0.3) is 0 Å². The molecule has 0 aromatic heterocycles. The van der Waals surface area contributed by atoms with Gasteiger partial charge in [0.05, 0.1) is 6.54 Å². The lowest BCUT2D eigenvalue weighted by Gasteiger charge is -2.31. The number of carbonyl (C=O) groups excluding carboxylic acids is 3. The van der Waals surface area contributed by atoms with Gasteiger partial charge in [0.2, 0.25) is 11.8 Å². The van der Waals surface area contributed by atoms with Crippen molar-refractivity contribution in [3.05, 3.63) is 65.0 Å². The zero-order valence-electron chi connectivity index (χ0n) is 20.2. The fourth-order valence-corrected chi connectivity index (χ4v) is 4.18. The lowest BCUT2D eigenvalue weighted by atomic mass is 10.0. The minimum Gasteiger partial charge on any atom is -0.362 e. The number of halogens is 3. The highest BCUT2D eigenvalue weighted by atomic mass is 19.2. The molecule has 1 atom stereocenters. The molecule has 1 fully saturated rings. The lowest BCUT2D eigenvalue weighted by molar-refractivity contribution is -0.133. The number of likely N-dealkylation sites (tertiary alicyclic amines) is 1. The van der Waals surface area contributed by atoms with E-state index in [1.54, 1.807) is 4.90 Å². The van der Waals surface area contributed by atoms with Crippen LogP contribution in [0.25, 0.3) is 0 Å². The quantitative estimate of drug-likeness (QED) is 0.485. The normalized spacial score (nSPS) is 14.5. The van der Waals surface area contributed by atoms with Crippen molar-refractivity contribution < 1.29 is 27.6 Å². The van der Waals surface area contributed by atoms with Crippen LogP contribution in [0, 0.1) is 17.5 Å². The molecule has 36 heavy (non-hydrogen) atoms. The molecular formula is C26H31F3N4O3. The monoisotopic (exact) mass is 504 g/mol. The van der Waals surface area contributed by atoms with Crippen molar-refractivity contribution in [2.75, 3.05) is 31.1 Å². The molecule has 1 saturated heterocycles. The summed E-state index contributed by atoms with van der Waals surface area (Å²) in [5.74, 6) is -3.63. The Balaban J connectivity index is 1.57. The van der Waals surface area contributed by atoms with Crippen LogP contribution in [0.3, 0.4) is 0 Å². The smallest absolute Gasteiger partial charge is 0.242 e. The Bertz CT molecular complexity index is 1100. The summed E-state index contributed by atoms with van der Waals surface area (Å²) in [6.07, 6.45) is 0.502. The molecule has 0 radical (unpaired) electrons. The molecule has 2 amide bonds. The van der Waals surface area contributed by atoms with Gasteiger partial charge in [-0.25, -0.2) is 13.2 Å². The van der Waals surface area contributed by atoms with Crippen LogP contribution in [-0.4, -0.2) is 54.7 Å². The Hall–Kier alpha value is -3.40. The van der Waals surface area contributed by atoms with E-state index < -0.39 is 23.5 Å². The van der Waals surface area contributed by atoms with Crippen molar-refractivity contribution in [2.24, 2.45) is 5.73 Å². The molecule has 3 N–H and O–H groups in total. The van der Waals surface area contributed by atoms with Crippen molar-refractivity contribution in [3.8, 4) is 0 Å². The van der Waals surface area contributed by atoms with Crippen molar-refractivity contribution in [1.82, 2.24) is 10.2 Å². The number of rotatable bonds is 10. The molecular weight excluding hydrogens is 473 g/mol. The van der Waals surface area contributed by atoms with E-state index in [9.17, 15) is 27.6 Å². The Labute approximate surface area is 208 Å². The van der Waals surface area contributed by atoms with E-state index in [2.05, 4.69) is 5.32 Å². The number of amides is 2. The van der Waals surface area contributed by atoms with Gasteiger partial charge in [-0.15, -0.1) is 0 Å². The number of Topliss-reactive ketones (excluding diaryl/α,β-unsaturated/α-hetero) is 1. The van der Waals surface area contributed by atoms with E-state index in [0.29, 0.717) is 38.5 Å². The fourth-order valence-electron chi connectivity index (χ4n) is 4.18. The van der Waals surface area contributed by atoms with Crippen LogP contribution >= 0.6 is 0 Å². The number of anilines is 1. The maximum absolute atomic E-state index is 13.9. The molecule has 2 aromatic rings. The van der Waals surface area contributed by atoms with E-state index in [-0.39, 0.29) is 49.1 Å².